The maximum absolute atomic E-state index is 12.2. The van der Waals surface area contributed by atoms with Crippen molar-refractivity contribution in [1.82, 2.24) is 24.9 Å². The molecule has 3 rings (SSSR count). The van der Waals surface area contributed by atoms with Crippen LogP contribution in [0.4, 0.5) is 5.82 Å². The lowest BCUT2D eigenvalue weighted by molar-refractivity contribution is -0.115. The van der Waals surface area contributed by atoms with Gasteiger partial charge in [0.25, 0.3) is 0 Å². The summed E-state index contributed by atoms with van der Waals surface area (Å²) < 4.78 is 3.81. The van der Waals surface area contributed by atoms with Crippen LogP contribution < -0.4 is 10.6 Å². The first-order chi connectivity index (χ1) is 11.6. The zero-order valence-corrected chi connectivity index (χ0v) is 14.5. The SMILES string of the molecule is C[C@H](NCC(=O)Nc1ccnn1[C@@H](C)C1CC1)[C@H](C)n1cccn1. The number of amides is 1. The summed E-state index contributed by atoms with van der Waals surface area (Å²) in [4.78, 5) is 12.2. The van der Waals surface area contributed by atoms with E-state index in [1.54, 1.807) is 12.4 Å². The first kappa shape index (κ1) is 16.7. The van der Waals surface area contributed by atoms with E-state index in [9.17, 15) is 4.79 Å². The van der Waals surface area contributed by atoms with Gasteiger partial charge in [0.1, 0.15) is 5.82 Å². The van der Waals surface area contributed by atoms with Crippen molar-refractivity contribution >= 4 is 11.7 Å². The molecule has 0 bridgehead atoms. The Morgan fingerprint density at radius 3 is 2.75 bits per heavy atom. The first-order valence-corrected chi connectivity index (χ1v) is 8.62. The van der Waals surface area contributed by atoms with Crippen LogP contribution in [0, 0.1) is 5.92 Å². The summed E-state index contributed by atoms with van der Waals surface area (Å²) in [5, 5.41) is 14.8. The second kappa shape index (κ2) is 7.17. The second-order valence-corrected chi connectivity index (χ2v) is 6.68. The molecule has 7 nitrogen and oxygen atoms in total. The lowest BCUT2D eigenvalue weighted by Gasteiger charge is -2.21. The molecule has 0 unspecified atom stereocenters. The molecule has 2 aromatic heterocycles. The number of hydrogen-bond donors (Lipinski definition) is 2. The Hall–Kier alpha value is -2.15. The normalized spacial score (nSPS) is 18.1. The van der Waals surface area contributed by atoms with E-state index in [2.05, 4.69) is 41.6 Å². The van der Waals surface area contributed by atoms with Gasteiger partial charge in [0.2, 0.25) is 5.91 Å². The van der Waals surface area contributed by atoms with Gasteiger partial charge in [-0.15, -0.1) is 0 Å². The fourth-order valence-corrected chi connectivity index (χ4v) is 2.88. The minimum Gasteiger partial charge on any atom is -0.310 e. The molecular weight excluding hydrogens is 304 g/mol. The first-order valence-electron chi connectivity index (χ1n) is 8.62. The molecule has 24 heavy (non-hydrogen) atoms. The van der Waals surface area contributed by atoms with Crippen molar-refractivity contribution in [3.63, 3.8) is 0 Å². The van der Waals surface area contributed by atoms with Crippen LogP contribution in [0.5, 0.6) is 0 Å². The van der Waals surface area contributed by atoms with Crippen LogP contribution in [0.3, 0.4) is 0 Å². The van der Waals surface area contributed by atoms with Gasteiger partial charge < -0.3 is 10.6 Å². The molecule has 0 radical (unpaired) electrons. The van der Waals surface area contributed by atoms with Crippen molar-refractivity contribution < 1.29 is 4.79 Å². The van der Waals surface area contributed by atoms with Gasteiger partial charge >= 0.3 is 0 Å². The molecule has 0 aromatic carbocycles. The van der Waals surface area contributed by atoms with Crippen LogP contribution in [-0.4, -0.2) is 38.1 Å². The smallest absolute Gasteiger partial charge is 0.239 e. The van der Waals surface area contributed by atoms with Gasteiger partial charge in [-0.05, 0) is 45.6 Å². The van der Waals surface area contributed by atoms with Crippen molar-refractivity contribution in [3.05, 3.63) is 30.7 Å². The molecule has 0 aliphatic heterocycles. The quantitative estimate of drug-likeness (QED) is 0.778. The van der Waals surface area contributed by atoms with E-state index in [0.29, 0.717) is 12.0 Å². The van der Waals surface area contributed by atoms with Gasteiger partial charge in [-0.1, -0.05) is 0 Å². The van der Waals surface area contributed by atoms with Crippen LogP contribution in [0.25, 0.3) is 0 Å². The van der Waals surface area contributed by atoms with Crippen LogP contribution in [0.15, 0.2) is 30.7 Å². The van der Waals surface area contributed by atoms with E-state index < -0.39 is 0 Å². The molecule has 0 spiro atoms. The van der Waals surface area contributed by atoms with Crippen molar-refractivity contribution in [2.24, 2.45) is 5.92 Å². The molecule has 2 aromatic rings. The third kappa shape index (κ3) is 3.84. The maximum atomic E-state index is 12.2. The van der Waals surface area contributed by atoms with Crippen molar-refractivity contribution in [2.45, 2.75) is 51.7 Å². The molecule has 1 saturated carbocycles. The maximum Gasteiger partial charge on any atom is 0.239 e. The summed E-state index contributed by atoms with van der Waals surface area (Å²) in [6, 6.07) is 4.39. The minimum absolute atomic E-state index is 0.0562. The Bertz CT molecular complexity index is 660. The van der Waals surface area contributed by atoms with Crippen LogP contribution in [0.2, 0.25) is 0 Å². The number of nitrogens with zero attached hydrogens (tertiary/aromatic N) is 4. The third-order valence-corrected chi connectivity index (χ3v) is 4.88. The molecule has 0 saturated heterocycles. The van der Waals surface area contributed by atoms with E-state index in [1.807, 2.05) is 27.7 Å². The number of rotatable bonds is 8. The van der Waals surface area contributed by atoms with E-state index in [-0.39, 0.29) is 24.5 Å². The standard InChI is InChI=1S/C17H26N6O/c1-12(13(2)22-10-4-8-19-22)18-11-17(24)21-16-7-9-20-23(16)14(3)15-5-6-15/h4,7-10,12-15,18H,5-6,11H2,1-3H3,(H,21,24)/t12-,13-,14-/m0/s1. The lowest BCUT2D eigenvalue weighted by Crippen LogP contribution is -2.39. The molecule has 3 atom stereocenters. The van der Waals surface area contributed by atoms with Crippen molar-refractivity contribution in [3.8, 4) is 0 Å². The highest BCUT2D eigenvalue weighted by Crippen LogP contribution is 2.40. The van der Waals surface area contributed by atoms with E-state index >= 15 is 0 Å². The second-order valence-electron chi connectivity index (χ2n) is 6.68. The summed E-state index contributed by atoms with van der Waals surface area (Å²) in [7, 11) is 0. The predicted octanol–water partition coefficient (Wildman–Crippen LogP) is 2.23. The van der Waals surface area contributed by atoms with Gasteiger partial charge in [0.05, 0.1) is 24.8 Å². The van der Waals surface area contributed by atoms with Crippen molar-refractivity contribution in [1.29, 1.82) is 0 Å². The largest absolute Gasteiger partial charge is 0.310 e. The molecule has 2 N–H and O–H groups in total. The number of nitrogens with one attached hydrogen (secondary N) is 2. The highest BCUT2D eigenvalue weighted by molar-refractivity contribution is 5.91. The van der Waals surface area contributed by atoms with Crippen molar-refractivity contribution in [2.75, 3.05) is 11.9 Å². The number of hydrogen-bond acceptors (Lipinski definition) is 4. The summed E-state index contributed by atoms with van der Waals surface area (Å²) in [5.74, 6) is 1.40. The average molecular weight is 330 g/mol. The summed E-state index contributed by atoms with van der Waals surface area (Å²) in [5.41, 5.74) is 0. The van der Waals surface area contributed by atoms with Gasteiger partial charge in [-0.3, -0.25) is 9.48 Å². The number of anilines is 1. The molecular formula is C17H26N6O. The third-order valence-electron chi connectivity index (χ3n) is 4.88. The Morgan fingerprint density at radius 2 is 2.08 bits per heavy atom. The van der Waals surface area contributed by atoms with Gasteiger partial charge in [0.15, 0.2) is 0 Å². The van der Waals surface area contributed by atoms with E-state index in [1.165, 1.54) is 12.8 Å². The Kier molecular flexibility index (Phi) is 4.99. The number of carbonyl (C=O) groups excluding carboxylic acids is 1. The Morgan fingerprint density at radius 1 is 1.29 bits per heavy atom. The molecule has 1 fully saturated rings. The summed E-state index contributed by atoms with van der Waals surface area (Å²) in [6.45, 7) is 6.55. The van der Waals surface area contributed by atoms with E-state index in [0.717, 1.165) is 5.82 Å². The minimum atomic E-state index is -0.0562. The van der Waals surface area contributed by atoms with Crippen LogP contribution in [0.1, 0.15) is 45.7 Å². The fraction of sp³-hybridized carbons (Fsp3) is 0.588. The van der Waals surface area contributed by atoms with Crippen LogP contribution in [-0.2, 0) is 4.79 Å². The highest BCUT2D eigenvalue weighted by Gasteiger charge is 2.30. The van der Waals surface area contributed by atoms with Gasteiger partial charge in [-0.25, -0.2) is 4.68 Å². The molecule has 1 aliphatic rings. The molecule has 2 heterocycles. The molecule has 7 heteroatoms. The summed E-state index contributed by atoms with van der Waals surface area (Å²) in [6.07, 6.45) is 7.93. The van der Waals surface area contributed by atoms with Gasteiger partial charge in [0, 0.05) is 24.5 Å². The zero-order chi connectivity index (χ0) is 17.1. The average Bonchev–Trinajstić information content (AvgIpc) is 3.09. The van der Waals surface area contributed by atoms with Gasteiger partial charge in [-0.2, -0.15) is 10.2 Å². The van der Waals surface area contributed by atoms with Crippen LogP contribution >= 0.6 is 0 Å². The number of aromatic nitrogens is 4. The molecule has 1 aliphatic carbocycles. The zero-order valence-electron chi connectivity index (χ0n) is 14.5. The fourth-order valence-electron chi connectivity index (χ4n) is 2.88. The van der Waals surface area contributed by atoms with E-state index in [4.69, 9.17) is 0 Å². The highest BCUT2D eigenvalue weighted by atomic mass is 16.2. The topological polar surface area (TPSA) is 76.8 Å². The Labute approximate surface area is 142 Å². The Balaban J connectivity index is 1.50. The summed E-state index contributed by atoms with van der Waals surface area (Å²) >= 11 is 0. The monoisotopic (exact) mass is 330 g/mol. The molecule has 130 valence electrons. The lowest BCUT2D eigenvalue weighted by atomic mass is 10.2. The molecule has 1 amide bonds. The predicted molar refractivity (Wildman–Crippen MR) is 92.7 cm³/mol. The number of carbonyl (C=O) groups is 1.